The first kappa shape index (κ1) is 14.0. The smallest absolute Gasteiger partial charge is 0.254 e. The van der Waals surface area contributed by atoms with E-state index in [1.54, 1.807) is 0 Å². The minimum atomic E-state index is -0.926. The van der Waals surface area contributed by atoms with Gasteiger partial charge in [-0.25, -0.2) is 8.78 Å². The fourth-order valence-electron chi connectivity index (χ4n) is 1.48. The number of rotatable bonds is 4. The summed E-state index contributed by atoms with van der Waals surface area (Å²) in [5, 5.41) is 2.54. The zero-order valence-corrected chi connectivity index (χ0v) is 9.97. The second-order valence-electron chi connectivity index (χ2n) is 3.84. The van der Waals surface area contributed by atoms with Crippen LogP contribution >= 0.6 is 0 Å². The molecule has 3 N–H and O–H groups in total. The van der Waals surface area contributed by atoms with Crippen molar-refractivity contribution < 1.29 is 13.6 Å². The maximum atomic E-state index is 13.6. The Labute approximate surface area is 104 Å². The summed E-state index contributed by atoms with van der Waals surface area (Å²) >= 11 is 0. The summed E-state index contributed by atoms with van der Waals surface area (Å²) in [6.45, 7) is 1.83. The molecular weight excluding hydrogens is 238 g/mol. The molecule has 0 aliphatic heterocycles. The number of nitrogen functional groups attached to an aromatic ring is 1. The normalized spacial score (nSPS) is 11.7. The summed E-state index contributed by atoms with van der Waals surface area (Å²) in [6.07, 6.45) is 6.07. The van der Waals surface area contributed by atoms with Gasteiger partial charge in [-0.15, -0.1) is 12.3 Å². The van der Waals surface area contributed by atoms with Gasteiger partial charge in [0.1, 0.15) is 5.82 Å². The van der Waals surface area contributed by atoms with Gasteiger partial charge in [-0.05, 0) is 18.6 Å². The van der Waals surface area contributed by atoms with E-state index in [9.17, 15) is 13.6 Å². The van der Waals surface area contributed by atoms with Crippen molar-refractivity contribution in [1.82, 2.24) is 5.32 Å². The highest BCUT2D eigenvalue weighted by Crippen LogP contribution is 2.17. The molecule has 0 aliphatic rings. The molecule has 3 nitrogen and oxygen atoms in total. The van der Waals surface area contributed by atoms with Crippen LogP contribution in [-0.2, 0) is 0 Å². The predicted octanol–water partition coefficient (Wildman–Crippen LogP) is 2.08. The lowest BCUT2D eigenvalue weighted by atomic mass is 10.1. The van der Waals surface area contributed by atoms with Crippen LogP contribution in [-0.4, -0.2) is 11.9 Å². The molecule has 0 saturated heterocycles. The Balaban J connectivity index is 2.94. The van der Waals surface area contributed by atoms with Crippen molar-refractivity contribution >= 4 is 11.6 Å². The summed E-state index contributed by atoms with van der Waals surface area (Å²) in [5.74, 6) is -0.00237. The molecule has 1 aromatic rings. The van der Waals surface area contributed by atoms with Crippen molar-refractivity contribution in [3.8, 4) is 12.3 Å². The van der Waals surface area contributed by atoms with Crippen molar-refractivity contribution in [2.24, 2.45) is 0 Å². The van der Waals surface area contributed by atoms with Crippen LogP contribution in [0, 0.1) is 24.0 Å². The Kier molecular flexibility index (Phi) is 4.67. The zero-order valence-electron chi connectivity index (χ0n) is 9.97. The van der Waals surface area contributed by atoms with Crippen molar-refractivity contribution in [1.29, 1.82) is 0 Å². The third-order valence-corrected chi connectivity index (χ3v) is 2.50. The van der Waals surface area contributed by atoms with Crippen LogP contribution in [0.15, 0.2) is 12.1 Å². The number of benzene rings is 1. The Morgan fingerprint density at radius 2 is 2.22 bits per heavy atom. The van der Waals surface area contributed by atoms with E-state index in [0.717, 1.165) is 12.1 Å². The van der Waals surface area contributed by atoms with Gasteiger partial charge in [0.25, 0.3) is 5.91 Å². The molecule has 0 fully saturated rings. The number of nitrogens with one attached hydrogen (secondary N) is 1. The SMILES string of the molecule is C#CCC(CC)NC(=O)c1cc(F)cc(N)c1F. The molecule has 0 spiro atoms. The second kappa shape index (κ2) is 6.01. The minimum Gasteiger partial charge on any atom is -0.396 e. The fraction of sp³-hybridized carbons (Fsp3) is 0.308. The monoisotopic (exact) mass is 252 g/mol. The molecule has 1 amide bonds. The number of hydrogen-bond donors (Lipinski definition) is 2. The van der Waals surface area contributed by atoms with E-state index < -0.39 is 28.8 Å². The average molecular weight is 252 g/mol. The number of carbonyl (C=O) groups is 1. The molecule has 0 aliphatic carbocycles. The first-order chi connectivity index (χ1) is 8.49. The molecule has 0 bridgehead atoms. The van der Waals surface area contributed by atoms with Gasteiger partial charge < -0.3 is 11.1 Å². The lowest BCUT2D eigenvalue weighted by Crippen LogP contribution is -2.34. The first-order valence-electron chi connectivity index (χ1n) is 5.48. The van der Waals surface area contributed by atoms with Gasteiger partial charge in [0.15, 0.2) is 5.82 Å². The highest BCUT2D eigenvalue weighted by molar-refractivity contribution is 5.95. The third-order valence-electron chi connectivity index (χ3n) is 2.50. The van der Waals surface area contributed by atoms with Gasteiger partial charge in [-0.2, -0.15) is 0 Å². The quantitative estimate of drug-likeness (QED) is 0.636. The molecule has 0 saturated carbocycles. The summed E-state index contributed by atoms with van der Waals surface area (Å²) in [7, 11) is 0. The van der Waals surface area contributed by atoms with Crippen LogP contribution < -0.4 is 11.1 Å². The van der Waals surface area contributed by atoms with Gasteiger partial charge in [0.05, 0.1) is 11.3 Å². The number of nitrogens with two attached hydrogens (primary N) is 1. The van der Waals surface area contributed by atoms with Gasteiger partial charge in [0, 0.05) is 12.5 Å². The first-order valence-corrected chi connectivity index (χ1v) is 5.48. The van der Waals surface area contributed by atoms with Crippen LogP contribution in [0.25, 0.3) is 0 Å². The van der Waals surface area contributed by atoms with Crippen LogP contribution in [0.1, 0.15) is 30.1 Å². The molecule has 0 aromatic heterocycles. The van der Waals surface area contributed by atoms with E-state index >= 15 is 0 Å². The summed E-state index contributed by atoms with van der Waals surface area (Å²) in [4.78, 5) is 11.8. The van der Waals surface area contributed by atoms with Crippen molar-refractivity contribution in [2.45, 2.75) is 25.8 Å². The predicted molar refractivity (Wildman–Crippen MR) is 65.8 cm³/mol. The van der Waals surface area contributed by atoms with Gasteiger partial charge in [-0.3, -0.25) is 4.79 Å². The number of terminal acetylenes is 1. The maximum absolute atomic E-state index is 13.6. The van der Waals surface area contributed by atoms with Crippen LogP contribution in [0.4, 0.5) is 14.5 Å². The van der Waals surface area contributed by atoms with E-state index in [-0.39, 0.29) is 6.04 Å². The molecule has 0 heterocycles. The molecule has 96 valence electrons. The van der Waals surface area contributed by atoms with Gasteiger partial charge in [0.2, 0.25) is 0 Å². The number of anilines is 1. The molecule has 1 unspecified atom stereocenters. The van der Waals surface area contributed by atoms with E-state index in [1.165, 1.54) is 0 Å². The lowest BCUT2D eigenvalue weighted by Gasteiger charge is -2.15. The van der Waals surface area contributed by atoms with Crippen LogP contribution in [0.3, 0.4) is 0 Å². The number of halogens is 2. The van der Waals surface area contributed by atoms with Crippen molar-refractivity contribution in [2.75, 3.05) is 5.73 Å². The highest BCUT2D eigenvalue weighted by atomic mass is 19.1. The molecule has 0 radical (unpaired) electrons. The van der Waals surface area contributed by atoms with Gasteiger partial charge in [-0.1, -0.05) is 6.92 Å². The maximum Gasteiger partial charge on any atom is 0.254 e. The molecule has 1 rings (SSSR count). The van der Waals surface area contributed by atoms with Crippen LogP contribution in [0.2, 0.25) is 0 Å². The topological polar surface area (TPSA) is 55.1 Å². The van der Waals surface area contributed by atoms with E-state index in [2.05, 4.69) is 11.2 Å². The molecular formula is C13H14F2N2O. The Morgan fingerprint density at radius 3 is 2.78 bits per heavy atom. The Bertz CT molecular complexity index is 494. The fourth-order valence-corrected chi connectivity index (χ4v) is 1.48. The number of carbonyl (C=O) groups excluding carboxylic acids is 1. The molecule has 18 heavy (non-hydrogen) atoms. The average Bonchev–Trinajstić information content (AvgIpc) is 2.32. The largest absolute Gasteiger partial charge is 0.396 e. The van der Waals surface area contributed by atoms with Gasteiger partial charge >= 0.3 is 0 Å². The summed E-state index contributed by atoms with van der Waals surface area (Å²) in [5.41, 5.74) is 4.44. The van der Waals surface area contributed by atoms with E-state index in [4.69, 9.17) is 12.2 Å². The second-order valence-corrected chi connectivity index (χ2v) is 3.84. The highest BCUT2D eigenvalue weighted by Gasteiger charge is 2.18. The lowest BCUT2D eigenvalue weighted by molar-refractivity contribution is 0.0932. The third kappa shape index (κ3) is 3.20. The molecule has 1 aromatic carbocycles. The Hall–Kier alpha value is -2.09. The van der Waals surface area contributed by atoms with Crippen LogP contribution in [0.5, 0.6) is 0 Å². The van der Waals surface area contributed by atoms with Crippen molar-refractivity contribution in [3.63, 3.8) is 0 Å². The number of hydrogen-bond acceptors (Lipinski definition) is 2. The minimum absolute atomic E-state index is 0.272. The Morgan fingerprint density at radius 1 is 1.56 bits per heavy atom. The zero-order chi connectivity index (χ0) is 13.7. The molecule has 1 atom stereocenters. The number of amides is 1. The standard InChI is InChI=1S/C13H14F2N2O/c1-3-5-9(4-2)17-13(18)10-6-8(14)7-11(16)12(10)15/h1,6-7,9H,4-5,16H2,2H3,(H,17,18). The van der Waals surface area contributed by atoms with E-state index in [0.29, 0.717) is 12.8 Å². The molecule has 5 heteroatoms. The van der Waals surface area contributed by atoms with Crippen molar-refractivity contribution in [3.05, 3.63) is 29.3 Å². The summed E-state index contributed by atoms with van der Waals surface area (Å²) < 4.78 is 26.7. The summed E-state index contributed by atoms with van der Waals surface area (Å²) in [6, 6.07) is 1.36. The van der Waals surface area contributed by atoms with E-state index in [1.807, 2.05) is 6.92 Å².